The third-order valence-electron chi connectivity index (χ3n) is 7.60. The van der Waals surface area contributed by atoms with Crippen molar-refractivity contribution in [3.63, 3.8) is 0 Å². The molecule has 1 aliphatic carbocycles. The van der Waals surface area contributed by atoms with E-state index in [-0.39, 0.29) is 5.69 Å². The number of nitrogens with one attached hydrogen (secondary N) is 2. The van der Waals surface area contributed by atoms with Crippen LogP contribution in [0.25, 0.3) is 0 Å². The summed E-state index contributed by atoms with van der Waals surface area (Å²) in [6.45, 7) is 8.95. The van der Waals surface area contributed by atoms with Crippen molar-refractivity contribution in [3.05, 3.63) is 98.6 Å². The summed E-state index contributed by atoms with van der Waals surface area (Å²) in [5, 5.41) is 28.5. The molecule has 2 amide bonds. The summed E-state index contributed by atoms with van der Waals surface area (Å²) in [6, 6.07) is 16.4. The van der Waals surface area contributed by atoms with Crippen molar-refractivity contribution in [2.24, 2.45) is 11.8 Å². The van der Waals surface area contributed by atoms with Gasteiger partial charge in [0.1, 0.15) is 11.7 Å². The topological polar surface area (TPSA) is 139 Å². The zero-order valence-electron chi connectivity index (χ0n) is 23.1. The van der Waals surface area contributed by atoms with Crippen LogP contribution in [0, 0.1) is 49.6 Å². The summed E-state index contributed by atoms with van der Waals surface area (Å²) < 4.78 is 0. The van der Waals surface area contributed by atoms with E-state index in [1.807, 2.05) is 52.0 Å². The van der Waals surface area contributed by atoms with E-state index in [9.17, 15) is 29.6 Å². The number of carbonyl (C=O) groups is 3. The molecule has 0 saturated heterocycles. The average molecular weight is 544 g/mol. The fourth-order valence-corrected chi connectivity index (χ4v) is 5.64. The zero-order chi connectivity index (χ0) is 29.4. The third kappa shape index (κ3) is 5.79. The van der Waals surface area contributed by atoms with Crippen LogP contribution in [0.15, 0.2) is 60.7 Å². The van der Waals surface area contributed by atoms with Crippen LogP contribution in [0.3, 0.4) is 0 Å². The first kappa shape index (κ1) is 28.6. The van der Waals surface area contributed by atoms with Gasteiger partial charge in [-0.1, -0.05) is 47.5 Å². The van der Waals surface area contributed by atoms with Crippen molar-refractivity contribution in [2.75, 3.05) is 10.6 Å². The monoisotopic (exact) mass is 543 g/mol. The van der Waals surface area contributed by atoms with Crippen molar-refractivity contribution in [1.29, 1.82) is 0 Å². The van der Waals surface area contributed by atoms with Crippen LogP contribution in [0.1, 0.15) is 47.1 Å². The van der Waals surface area contributed by atoms with E-state index in [1.165, 1.54) is 31.2 Å². The van der Waals surface area contributed by atoms with Crippen LogP contribution in [-0.4, -0.2) is 33.2 Å². The van der Waals surface area contributed by atoms with Crippen LogP contribution in [-0.2, 0) is 14.4 Å². The summed E-state index contributed by atoms with van der Waals surface area (Å²) in [5.74, 6) is -5.32. The molecule has 9 nitrogen and oxygen atoms in total. The Morgan fingerprint density at radius 2 is 1.38 bits per heavy atom. The maximum absolute atomic E-state index is 13.9. The number of anilines is 2. The molecule has 0 heterocycles. The molecular weight excluding hydrogens is 510 g/mol. The fraction of sp³-hybridized carbons (Fsp3) is 0.323. The molecule has 0 aromatic heterocycles. The second-order valence-electron chi connectivity index (χ2n) is 10.9. The van der Waals surface area contributed by atoms with Gasteiger partial charge in [0.15, 0.2) is 0 Å². The first-order valence-corrected chi connectivity index (χ1v) is 13.0. The Morgan fingerprint density at radius 1 is 0.875 bits per heavy atom. The maximum atomic E-state index is 13.9. The number of Topliss-reactive ketones (excluding diaryl/α,β-unsaturated/α-hetero) is 1. The van der Waals surface area contributed by atoms with Crippen molar-refractivity contribution < 1.29 is 24.4 Å². The van der Waals surface area contributed by atoms with Crippen LogP contribution < -0.4 is 10.6 Å². The Kier molecular flexibility index (Phi) is 7.88. The number of nitro groups is 1. The van der Waals surface area contributed by atoms with Crippen LogP contribution in [0.5, 0.6) is 0 Å². The second kappa shape index (κ2) is 11.0. The highest BCUT2D eigenvalue weighted by Gasteiger charge is 2.56. The van der Waals surface area contributed by atoms with Gasteiger partial charge in [0.2, 0.25) is 11.8 Å². The number of benzene rings is 3. The minimum Gasteiger partial charge on any atom is -0.389 e. The van der Waals surface area contributed by atoms with Gasteiger partial charge in [-0.2, -0.15) is 0 Å². The molecule has 208 valence electrons. The summed E-state index contributed by atoms with van der Waals surface area (Å²) in [6.07, 6.45) is -0.410. The van der Waals surface area contributed by atoms with E-state index in [0.29, 0.717) is 16.9 Å². The molecule has 40 heavy (non-hydrogen) atoms. The number of hydrogen-bond acceptors (Lipinski definition) is 6. The van der Waals surface area contributed by atoms with E-state index in [0.717, 1.165) is 22.3 Å². The van der Waals surface area contributed by atoms with Crippen LogP contribution in [0.4, 0.5) is 17.1 Å². The molecule has 0 bridgehead atoms. The molecule has 3 aromatic rings. The number of hydrogen-bond donors (Lipinski definition) is 3. The number of nitrogens with zero attached hydrogens (tertiary/aromatic N) is 1. The molecule has 3 aromatic carbocycles. The van der Waals surface area contributed by atoms with Crippen molar-refractivity contribution >= 4 is 34.7 Å². The highest BCUT2D eigenvalue weighted by Crippen LogP contribution is 2.47. The normalized spacial score (nSPS) is 22.4. The molecule has 4 atom stereocenters. The Bertz CT molecular complexity index is 1500. The SMILES string of the molecule is Cc1ccc(NC(=O)[C@H]2C(=O)C[C@@](C)(O)[C@@H](C(=O)Nc3ccc(C)cc3C)[C@@H]2c2ccc([N+](=O)[O-])cc2)c(C)c1. The highest BCUT2D eigenvalue weighted by atomic mass is 16.6. The maximum Gasteiger partial charge on any atom is 0.269 e. The largest absolute Gasteiger partial charge is 0.389 e. The standard InChI is InChI=1S/C31H33N3O6/c1-17-6-12-23(19(3)14-17)32-29(36)27-25(35)16-31(5,38)28(26(27)21-8-10-22(11-9-21)34(39)40)30(37)33-24-13-7-18(2)15-20(24)4/h6-15,26-28,38H,16H2,1-5H3,(H,32,36)(H,33,37)/t26-,27+,28-,31-/m1/s1. The van der Waals surface area contributed by atoms with E-state index in [4.69, 9.17) is 0 Å². The molecule has 0 radical (unpaired) electrons. The van der Waals surface area contributed by atoms with Gasteiger partial charge in [0.25, 0.3) is 5.69 Å². The smallest absolute Gasteiger partial charge is 0.269 e. The van der Waals surface area contributed by atoms with Gasteiger partial charge in [-0.25, -0.2) is 0 Å². The summed E-state index contributed by atoms with van der Waals surface area (Å²) in [4.78, 5) is 51.9. The lowest BCUT2D eigenvalue weighted by molar-refractivity contribution is -0.384. The highest BCUT2D eigenvalue weighted by molar-refractivity contribution is 6.10. The summed E-state index contributed by atoms with van der Waals surface area (Å²) in [5.41, 5.74) is 3.11. The number of nitro benzene ring substituents is 1. The molecule has 0 aliphatic heterocycles. The van der Waals surface area contributed by atoms with Gasteiger partial charge in [-0.3, -0.25) is 24.5 Å². The molecule has 4 rings (SSSR count). The van der Waals surface area contributed by atoms with Crippen molar-refractivity contribution in [3.8, 4) is 0 Å². The Morgan fingerprint density at radius 3 is 1.85 bits per heavy atom. The first-order chi connectivity index (χ1) is 18.8. The predicted molar refractivity (Wildman–Crippen MR) is 152 cm³/mol. The van der Waals surface area contributed by atoms with Crippen LogP contribution in [0.2, 0.25) is 0 Å². The molecule has 9 heteroatoms. The fourth-order valence-electron chi connectivity index (χ4n) is 5.64. The lowest BCUT2D eigenvalue weighted by Gasteiger charge is -2.44. The van der Waals surface area contributed by atoms with Gasteiger partial charge in [0, 0.05) is 35.8 Å². The third-order valence-corrected chi connectivity index (χ3v) is 7.60. The second-order valence-corrected chi connectivity index (χ2v) is 10.9. The van der Waals surface area contributed by atoms with Gasteiger partial charge >= 0.3 is 0 Å². The van der Waals surface area contributed by atoms with Gasteiger partial charge in [0.05, 0.1) is 16.4 Å². The molecule has 1 fully saturated rings. The zero-order valence-corrected chi connectivity index (χ0v) is 23.1. The Hall–Kier alpha value is -4.37. The van der Waals surface area contributed by atoms with Gasteiger partial charge in [-0.05, 0) is 63.4 Å². The van der Waals surface area contributed by atoms with E-state index in [2.05, 4.69) is 10.6 Å². The molecule has 0 spiro atoms. The Balaban J connectivity index is 1.80. The number of amides is 2. The predicted octanol–water partition coefficient (Wildman–Crippen LogP) is 5.15. The minimum absolute atomic E-state index is 0.176. The lowest BCUT2D eigenvalue weighted by Crippen LogP contribution is -2.56. The van der Waals surface area contributed by atoms with E-state index < -0.39 is 52.3 Å². The Labute approximate surface area is 232 Å². The number of ketones is 1. The average Bonchev–Trinajstić information content (AvgIpc) is 2.86. The van der Waals surface area contributed by atoms with E-state index in [1.54, 1.807) is 12.1 Å². The van der Waals surface area contributed by atoms with Crippen molar-refractivity contribution in [2.45, 2.75) is 52.6 Å². The number of aliphatic hydroxyl groups is 1. The summed E-state index contributed by atoms with van der Waals surface area (Å²) in [7, 11) is 0. The van der Waals surface area contributed by atoms with Crippen molar-refractivity contribution in [1.82, 2.24) is 0 Å². The van der Waals surface area contributed by atoms with Gasteiger partial charge in [-0.15, -0.1) is 0 Å². The van der Waals surface area contributed by atoms with Gasteiger partial charge < -0.3 is 15.7 Å². The quantitative estimate of drug-likeness (QED) is 0.223. The first-order valence-electron chi connectivity index (χ1n) is 13.0. The summed E-state index contributed by atoms with van der Waals surface area (Å²) >= 11 is 0. The number of non-ortho nitro benzene ring substituents is 1. The molecule has 3 N–H and O–H groups in total. The number of carbonyl (C=O) groups excluding carboxylic acids is 3. The van der Waals surface area contributed by atoms with E-state index >= 15 is 0 Å². The number of rotatable bonds is 6. The number of aryl methyl sites for hydroxylation is 4. The molecular formula is C31H33N3O6. The lowest BCUT2D eigenvalue weighted by atomic mass is 9.61. The molecule has 0 unspecified atom stereocenters. The molecule has 1 aliphatic rings. The molecule has 1 saturated carbocycles. The van der Waals surface area contributed by atoms with Crippen LogP contribution >= 0.6 is 0 Å². The minimum atomic E-state index is -1.79.